The minimum Gasteiger partial charge on any atom is -0.325 e. The second-order valence-electron chi connectivity index (χ2n) is 6.62. The summed E-state index contributed by atoms with van der Waals surface area (Å²) in [6.07, 6.45) is 1.09. The molecule has 0 saturated heterocycles. The van der Waals surface area contributed by atoms with Gasteiger partial charge in [-0.1, -0.05) is 68.2 Å². The standard InChI is InChI=1S/C19H21Cl2NO/c1-19(2,3)14-7-4-13(5-8-14)6-11-18(23)22-17-12-15(20)9-10-16(17)21/h4-5,7-10,12H,6,11H2,1-3H3,(H,22,23). The summed E-state index contributed by atoms with van der Waals surface area (Å²) in [5, 5.41) is 3.83. The zero-order chi connectivity index (χ0) is 17.0. The summed E-state index contributed by atoms with van der Waals surface area (Å²) in [7, 11) is 0. The van der Waals surface area contributed by atoms with Crippen LogP contribution in [-0.4, -0.2) is 5.91 Å². The highest BCUT2D eigenvalue weighted by Crippen LogP contribution is 2.26. The molecule has 0 heterocycles. The van der Waals surface area contributed by atoms with Gasteiger partial charge in [-0.05, 0) is 41.2 Å². The van der Waals surface area contributed by atoms with E-state index in [0.717, 1.165) is 5.56 Å². The number of rotatable bonds is 4. The molecule has 0 aliphatic carbocycles. The van der Waals surface area contributed by atoms with E-state index in [0.29, 0.717) is 28.6 Å². The first kappa shape index (κ1) is 17.8. The van der Waals surface area contributed by atoms with Gasteiger partial charge in [-0.2, -0.15) is 0 Å². The molecule has 2 nitrogen and oxygen atoms in total. The van der Waals surface area contributed by atoms with Crippen molar-refractivity contribution >= 4 is 34.8 Å². The van der Waals surface area contributed by atoms with Crippen LogP contribution in [0.2, 0.25) is 10.0 Å². The van der Waals surface area contributed by atoms with Gasteiger partial charge in [0.25, 0.3) is 0 Å². The zero-order valence-electron chi connectivity index (χ0n) is 13.6. The Hall–Kier alpha value is -1.51. The molecule has 0 spiro atoms. The Bertz CT molecular complexity index is 688. The molecular weight excluding hydrogens is 329 g/mol. The van der Waals surface area contributed by atoms with Crippen molar-refractivity contribution in [2.45, 2.75) is 39.0 Å². The second kappa shape index (κ2) is 7.37. The average molecular weight is 350 g/mol. The lowest BCUT2D eigenvalue weighted by molar-refractivity contribution is -0.116. The van der Waals surface area contributed by atoms with Crippen LogP contribution in [0.3, 0.4) is 0 Å². The zero-order valence-corrected chi connectivity index (χ0v) is 15.1. The van der Waals surface area contributed by atoms with E-state index >= 15 is 0 Å². The predicted molar refractivity (Wildman–Crippen MR) is 98.6 cm³/mol. The van der Waals surface area contributed by atoms with Gasteiger partial charge in [-0.25, -0.2) is 0 Å². The normalized spacial score (nSPS) is 11.3. The summed E-state index contributed by atoms with van der Waals surface area (Å²) < 4.78 is 0. The van der Waals surface area contributed by atoms with E-state index in [4.69, 9.17) is 23.2 Å². The lowest BCUT2D eigenvalue weighted by atomic mass is 9.86. The monoisotopic (exact) mass is 349 g/mol. The molecule has 23 heavy (non-hydrogen) atoms. The first-order valence-electron chi connectivity index (χ1n) is 7.60. The van der Waals surface area contributed by atoms with Crippen molar-refractivity contribution in [2.24, 2.45) is 0 Å². The number of carbonyl (C=O) groups excluding carboxylic acids is 1. The smallest absolute Gasteiger partial charge is 0.224 e. The third-order valence-corrected chi connectivity index (χ3v) is 4.23. The van der Waals surface area contributed by atoms with Crippen molar-refractivity contribution in [2.75, 3.05) is 5.32 Å². The molecule has 1 N–H and O–H groups in total. The SMILES string of the molecule is CC(C)(C)c1ccc(CCC(=O)Nc2cc(Cl)ccc2Cl)cc1. The van der Waals surface area contributed by atoms with E-state index in [-0.39, 0.29) is 11.3 Å². The summed E-state index contributed by atoms with van der Waals surface area (Å²) in [6.45, 7) is 6.55. The van der Waals surface area contributed by atoms with Gasteiger partial charge < -0.3 is 5.32 Å². The number of hydrogen-bond donors (Lipinski definition) is 1. The number of benzene rings is 2. The molecule has 0 aromatic heterocycles. The molecular formula is C19H21Cl2NO. The van der Waals surface area contributed by atoms with E-state index in [2.05, 4.69) is 50.4 Å². The highest BCUT2D eigenvalue weighted by Gasteiger charge is 2.13. The molecule has 0 atom stereocenters. The number of aryl methyl sites for hydroxylation is 1. The van der Waals surface area contributed by atoms with Crippen molar-refractivity contribution in [3.63, 3.8) is 0 Å². The summed E-state index contributed by atoms with van der Waals surface area (Å²) in [4.78, 5) is 12.1. The number of anilines is 1. The highest BCUT2D eigenvalue weighted by molar-refractivity contribution is 6.35. The van der Waals surface area contributed by atoms with E-state index in [1.165, 1.54) is 5.56 Å². The molecule has 2 rings (SSSR count). The third kappa shape index (κ3) is 5.26. The summed E-state index contributed by atoms with van der Waals surface area (Å²) >= 11 is 12.0. The van der Waals surface area contributed by atoms with Crippen LogP contribution >= 0.6 is 23.2 Å². The number of nitrogens with one attached hydrogen (secondary N) is 1. The number of carbonyl (C=O) groups is 1. The van der Waals surface area contributed by atoms with Gasteiger partial charge in [0, 0.05) is 11.4 Å². The second-order valence-corrected chi connectivity index (χ2v) is 7.46. The van der Waals surface area contributed by atoms with E-state index in [1.807, 2.05) is 0 Å². The molecule has 122 valence electrons. The largest absolute Gasteiger partial charge is 0.325 e. The van der Waals surface area contributed by atoms with Crippen LogP contribution < -0.4 is 5.32 Å². The Kier molecular flexibility index (Phi) is 5.72. The van der Waals surface area contributed by atoms with Crippen LogP contribution in [0.1, 0.15) is 38.3 Å². The molecule has 4 heteroatoms. The van der Waals surface area contributed by atoms with Crippen molar-refractivity contribution in [1.82, 2.24) is 0 Å². The topological polar surface area (TPSA) is 29.1 Å². The Morgan fingerprint density at radius 3 is 2.30 bits per heavy atom. The number of hydrogen-bond acceptors (Lipinski definition) is 1. The van der Waals surface area contributed by atoms with Crippen LogP contribution in [-0.2, 0) is 16.6 Å². The summed E-state index contributed by atoms with van der Waals surface area (Å²) in [5.41, 5.74) is 3.12. The fraction of sp³-hybridized carbons (Fsp3) is 0.316. The molecule has 0 saturated carbocycles. The summed E-state index contributed by atoms with van der Waals surface area (Å²) in [6, 6.07) is 13.4. The molecule has 0 unspecified atom stereocenters. The summed E-state index contributed by atoms with van der Waals surface area (Å²) in [5.74, 6) is -0.0749. The Balaban J connectivity index is 1.93. The van der Waals surface area contributed by atoms with Crippen LogP contribution in [0, 0.1) is 0 Å². The number of halogens is 2. The predicted octanol–water partition coefficient (Wildman–Crippen LogP) is 5.86. The van der Waals surface area contributed by atoms with Crippen molar-refractivity contribution in [1.29, 1.82) is 0 Å². The first-order chi connectivity index (χ1) is 10.8. The number of amides is 1. The van der Waals surface area contributed by atoms with Gasteiger partial charge in [0.15, 0.2) is 0 Å². The third-order valence-electron chi connectivity index (χ3n) is 3.66. The minimum atomic E-state index is -0.0749. The van der Waals surface area contributed by atoms with Crippen molar-refractivity contribution in [3.05, 3.63) is 63.6 Å². The minimum absolute atomic E-state index is 0.0749. The van der Waals surface area contributed by atoms with Gasteiger partial charge >= 0.3 is 0 Å². The quantitative estimate of drug-likeness (QED) is 0.735. The maximum Gasteiger partial charge on any atom is 0.224 e. The highest BCUT2D eigenvalue weighted by atomic mass is 35.5. The molecule has 2 aromatic rings. The van der Waals surface area contributed by atoms with E-state index < -0.39 is 0 Å². The molecule has 0 fully saturated rings. The van der Waals surface area contributed by atoms with Crippen LogP contribution in [0.15, 0.2) is 42.5 Å². The maximum atomic E-state index is 12.1. The van der Waals surface area contributed by atoms with E-state index in [9.17, 15) is 4.79 Å². The molecule has 0 bridgehead atoms. The fourth-order valence-electron chi connectivity index (χ4n) is 2.24. The molecule has 2 aromatic carbocycles. The lowest BCUT2D eigenvalue weighted by Gasteiger charge is -2.19. The van der Waals surface area contributed by atoms with Gasteiger partial charge in [-0.3, -0.25) is 4.79 Å². The van der Waals surface area contributed by atoms with Crippen LogP contribution in [0.4, 0.5) is 5.69 Å². The molecule has 0 aliphatic rings. The lowest BCUT2D eigenvalue weighted by Crippen LogP contribution is -2.13. The average Bonchev–Trinajstić information content (AvgIpc) is 2.48. The molecule has 0 aliphatic heterocycles. The molecule has 0 radical (unpaired) electrons. The molecule has 1 amide bonds. The Morgan fingerprint density at radius 2 is 1.70 bits per heavy atom. The van der Waals surface area contributed by atoms with Gasteiger partial charge in [0.05, 0.1) is 10.7 Å². The maximum absolute atomic E-state index is 12.1. The van der Waals surface area contributed by atoms with Crippen molar-refractivity contribution in [3.8, 4) is 0 Å². The fourth-order valence-corrected chi connectivity index (χ4v) is 2.57. The van der Waals surface area contributed by atoms with Crippen molar-refractivity contribution < 1.29 is 4.79 Å². The van der Waals surface area contributed by atoms with Gasteiger partial charge in [-0.15, -0.1) is 0 Å². The van der Waals surface area contributed by atoms with Gasteiger partial charge in [0.1, 0.15) is 0 Å². The van der Waals surface area contributed by atoms with Crippen LogP contribution in [0.25, 0.3) is 0 Å². The van der Waals surface area contributed by atoms with Gasteiger partial charge in [0.2, 0.25) is 5.91 Å². The Labute approximate surface area is 147 Å². The van der Waals surface area contributed by atoms with Crippen LogP contribution in [0.5, 0.6) is 0 Å². The first-order valence-corrected chi connectivity index (χ1v) is 8.35. The van der Waals surface area contributed by atoms with E-state index in [1.54, 1.807) is 18.2 Å². The Morgan fingerprint density at radius 1 is 1.04 bits per heavy atom.